The first-order valence-electron chi connectivity index (χ1n) is 5.92. The molecular formula is C14H12BrNOS. The van der Waals surface area contributed by atoms with Gasteiger partial charge in [0.15, 0.2) is 0 Å². The zero-order chi connectivity index (χ0) is 12.7. The van der Waals surface area contributed by atoms with Gasteiger partial charge in [0.1, 0.15) is 6.26 Å². The second-order valence-corrected chi connectivity index (χ2v) is 5.96. The van der Waals surface area contributed by atoms with Crippen LogP contribution in [0.2, 0.25) is 0 Å². The van der Waals surface area contributed by atoms with Crippen LogP contribution in [0.15, 0.2) is 33.5 Å². The van der Waals surface area contributed by atoms with Gasteiger partial charge in [-0.05, 0) is 31.4 Å². The lowest BCUT2D eigenvalue weighted by atomic mass is 10.0. The summed E-state index contributed by atoms with van der Waals surface area (Å²) in [5, 5.41) is 4.09. The second kappa shape index (κ2) is 4.59. The Morgan fingerprint density at radius 1 is 1.39 bits per heavy atom. The summed E-state index contributed by atoms with van der Waals surface area (Å²) in [5.74, 6) is 0.543. The number of nitrogens with zero attached hydrogens (tertiary/aromatic N) is 1. The van der Waals surface area contributed by atoms with Crippen LogP contribution in [0.25, 0.3) is 0 Å². The number of thiocarbonyl (C=S) groups is 1. The number of rotatable bonds is 3. The third-order valence-electron chi connectivity index (χ3n) is 3.18. The molecule has 1 heterocycles. The number of benzene rings is 1. The topological polar surface area (TPSA) is 26.0 Å². The molecule has 1 aromatic carbocycles. The van der Waals surface area contributed by atoms with Crippen molar-refractivity contribution in [1.82, 2.24) is 5.16 Å². The highest BCUT2D eigenvalue weighted by Crippen LogP contribution is 2.41. The molecule has 0 atom stereocenters. The Kier molecular flexibility index (Phi) is 3.08. The van der Waals surface area contributed by atoms with Gasteiger partial charge in [-0.15, -0.1) is 0 Å². The smallest absolute Gasteiger partial charge is 0.132 e. The summed E-state index contributed by atoms with van der Waals surface area (Å²) in [6.07, 6.45) is 4.05. The third kappa shape index (κ3) is 2.15. The van der Waals surface area contributed by atoms with Crippen molar-refractivity contribution in [3.8, 4) is 0 Å². The molecule has 1 aliphatic rings. The monoisotopic (exact) mass is 321 g/mol. The predicted octanol–water partition coefficient (Wildman–Crippen LogP) is 4.39. The first-order valence-corrected chi connectivity index (χ1v) is 7.12. The van der Waals surface area contributed by atoms with Crippen molar-refractivity contribution < 1.29 is 4.52 Å². The first kappa shape index (κ1) is 12.1. The molecule has 4 heteroatoms. The summed E-state index contributed by atoms with van der Waals surface area (Å²) >= 11 is 9.15. The number of aromatic nitrogens is 1. The van der Waals surface area contributed by atoms with Crippen LogP contribution < -0.4 is 0 Å². The normalized spacial score (nSPS) is 14.8. The van der Waals surface area contributed by atoms with Crippen LogP contribution >= 0.6 is 28.1 Å². The summed E-state index contributed by atoms with van der Waals surface area (Å²) < 4.78 is 6.12. The van der Waals surface area contributed by atoms with Crippen LogP contribution in [0.3, 0.4) is 0 Å². The highest BCUT2D eigenvalue weighted by Gasteiger charge is 2.31. The standard InChI is InChI=1S/C14H12BrNOS/c1-8-2-5-10(12(15)6-8)14(18)11-7-17-16-13(11)9-3-4-9/h2,5-7,9H,3-4H2,1H3. The molecule has 0 spiro atoms. The SMILES string of the molecule is Cc1ccc(C(=S)c2conc2C2CC2)c(Br)c1. The molecule has 1 aliphatic carbocycles. The van der Waals surface area contributed by atoms with E-state index >= 15 is 0 Å². The fraction of sp³-hybridized carbons (Fsp3) is 0.286. The fourth-order valence-electron chi connectivity index (χ4n) is 2.02. The number of hydrogen-bond donors (Lipinski definition) is 0. The van der Waals surface area contributed by atoms with Crippen LogP contribution in [0.1, 0.15) is 41.1 Å². The van der Waals surface area contributed by atoms with Gasteiger partial charge in [0.05, 0.1) is 16.1 Å². The lowest BCUT2D eigenvalue weighted by molar-refractivity contribution is 0.412. The quantitative estimate of drug-likeness (QED) is 0.619. The Labute approximate surface area is 119 Å². The maximum atomic E-state index is 5.58. The maximum Gasteiger partial charge on any atom is 0.132 e. The van der Waals surface area contributed by atoms with Gasteiger partial charge >= 0.3 is 0 Å². The van der Waals surface area contributed by atoms with E-state index in [0.29, 0.717) is 5.92 Å². The molecule has 18 heavy (non-hydrogen) atoms. The molecular weight excluding hydrogens is 310 g/mol. The molecule has 0 radical (unpaired) electrons. The Hall–Kier alpha value is -1.00. The number of hydrogen-bond acceptors (Lipinski definition) is 3. The molecule has 0 aliphatic heterocycles. The molecule has 0 bridgehead atoms. The summed E-state index contributed by atoms with van der Waals surface area (Å²) in [6, 6.07) is 6.19. The van der Waals surface area contributed by atoms with E-state index in [-0.39, 0.29) is 0 Å². The van der Waals surface area contributed by atoms with Crippen LogP contribution in [0, 0.1) is 6.92 Å². The van der Waals surface area contributed by atoms with Gasteiger partial charge in [0.2, 0.25) is 0 Å². The summed E-state index contributed by atoms with van der Waals surface area (Å²) in [6.45, 7) is 2.06. The van der Waals surface area contributed by atoms with Crippen molar-refractivity contribution in [2.45, 2.75) is 25.7 Å². The van der Waals surface area contributed by atoms with Crippen molar-refractivity contribution in [2.24, 2.45) is 0 Å². The molecule has 0 N–H and O–H groups in total. The van der Waals surface area contributed by atoms with Crippen molar-refractivity contribution in [3.05, 3.63) is 51.3 Å². The average molecular weight is 322 g/mol. The van der Waals surface area contributed by atoms with Crippen LogP contribution in [-0.4, -0.2) is 10.0 Å². The zero-order valence-corrected chi connectivity index (χ0v) is 12.3. The van der Waals surface area contributed by atoms with E-state index in [0.717, 1.165) is 26.2 Å². The van der Waals surface area contributed by atoms with Crippen molar-refractivity contribution in [1.29, 1.82) is 0 Å². The molecule has 0 saturated heterocycles. The Balaban J connectivity index is 2.00. The molecule has 0 amide bonds. The van der Waals surface area contributed by atoms with E-state index in [1.807, 2.05) is 6.07 Å². The zero-order valence-electron chi connectivity index (χ0n) is 9.94. The minimum Gasteiger partial charge on any atom is -0.364 e. The third-order valence-corrected chi connectivity index (χ3v) is 4.27. The van der Waals surface area contributed by atoms with Crippen LogP contribution in [-0.2, 0) is 0 Å². The minimum absolute atomic E-state index is 0.543. The lowest BCUT2D eigenvalue weighted by Crippen LogP contribution is -2.03. The van der Waals surface area contributed by atoms with E-state index in [9.17, 15) is 0 Å². The van der Waals surface area contributed by atoms with Gasteiger partial charge in [0.25, 0.3) is 0 Å². The minimum atomic E-state index is 0.543. The summed E-state index contributed by atoms with van der Waals surface area (Å²) in [4.78, 5) is 0.810. The Morgan fingerprint density at radius 2 is 2.17 bits per heavy atom. The number of halogens is 1. The number of aryl methyl sites for hydroxylation is 1. The molecule has 92 valence electrons. The highest BCUT2D eigenvalue weighted by atomic mass is 79.9. The molecule has 1 saturated carbocycles. The van der Waals surface area contributed by atoms with E-state index in [1.165, 1.54) is 18.4 Å². The van der Waals surface area contributed by atoms with E-state index in [2.05, 4.69) is 40.1 Å². The van der Waals surface area contributed by atoms with Crippen LogP contribution in [0.4, 0.5) is 0 Å². The second-order valence-electron chi connectivity index (χ2n) is 4.70. The molecule has 0 unspecified atom stereocenters. The molecule has 3 rings (SSSR count). The molecule has 1 fully saturated rings. The predicted molar refractivity (Wildman–Crippen MR) is 78.2 cm³/mol. The summed E-state index contributed by atoms with van der Waals surface area (Å²) in [5.41, 5.74) is 4.23. The van der Waals surface area contributed by atoms with Crippen molar-refractivity contribution in [2.75, 3.05) is 0 Å². The fourth-order valence-corrected chi connectivity index (χ4v) is 3.17. The molecule has 2 nitrogen and oxygen atoms in total. The van der Waals surface area contributed by atoms with Gasteiger partial charge in [-0.25, -0.2) is 0 Å². The maximum absolute atomic E-state index is 5.58. The van der Waals surface area contributed by atoms with Gasteiger partial charge < -0.3 is 4.52 Å². The lowest BCUT2D eigenvalue weighted by Gasteiger charge is -2.06. The Morgan fingerprint density at radius 3 is 2.83 bits per heavy atom. The van der Waals surface area contributed by atoms with Crippen LogP contribution in [0.5, 0.6) is 0 Å². The average Bonchev–Trinajstić information content (AvgIpc) is 3.06. The van der Waals surface area contributed by atoms with E-state index < -0.39 is 0 Å². The highest BCUT2D eigenvalue weighted by molar-refractivity contribution is 9.10. The largest absolute Gasteiger partial charge is 0.364 e. The Bertz CT molecular complexity index is 616. The van der Waals surface area contributed by atoms with E-state index in [1.54, 1.807) is 6.26 Å². The van der Waals surface area contributed by atoms with Gasteiger partial charge in [-0.3, -0.25) is 0 Å². The summed E-state index contributed by atoms with van der Waals surface area (Å²) in [7, 11) is 0. The van der Waals surface area contributed by atoms with Gasteiger partial charge in [0, 0.05) is 16.0 Å². The van der Waals surface area contributed by atoms with E-state index in [4.69, 9.17) is 16.7 Å². The van der Waals surface area contributed by atoms with Gasteiger partial charge in [-0.2, -0.15) is 0 Å². The van der Waals surface area contributed by atoms with Crippen molar-refractivity contribution >= 4 is 33.0 Å². The molecule has 1 aromatic heterocycles. The van der Waals surface area contributed by atoms with Crippen molar-refractivity contribution in [3.63, 3.8) is 0 Å². The van der Waals surface area contributed by atoms with Gasteiger partial charge in [-0.1, -0.05) is 45.4 Å². The molecule has 2 aromatic rings. The first-order chi connectivity index (χ1) is 8.66.